The predicted molar refractivity (Wildman–Crippen MR) is 64.3 cm³/mol. The molecule has 0 spiro atoms. The Bertz CT molecular complexity index is 309. The number of rotatable bonds is 4. The summed E-state index contributed by atoms with van der Waals surface area (Å²) in [7, 11) is 0. The maximum absolute atomic E-state index is 6.04. The van der Waals surface area contributed by atoms with E-state index in [1.54, 1.807) is 0 Å². The average molecular weight is 225 g/mol. The van der Waals surface area contributed by atoms with E-state index in [1.165, 1.54) is 4.88 Å². The molecule has 0 aliphatic carbocycles. The minimum atomic E-state index is -0.0696. The summed E-state index contributed by atoms with van der Waals surface area (Å²) in [6.07, 6.45) is 2.19. The van der Waals surface area contributed by atoms with E-state index in [4.69, 9.17) is 10.5 Å². The van der Waals surface area contributed by atoms with Crippen molar-refractivity contribution in [2.24, 2.45) is 5.73 Å². The van der Waals surface area contributed by atoms with Gasteiger partial charge in [0.15, 0.2) is 0 Å². The van der Waals surface area contributed by atoms with Gasteiger partial charge in [-0.1, -0.05) is 6.07 Å². The number of hydrogen-bond acceptors (Lipinski definition) is 3. The van der Waals surface area contributed by atoms with E-state index < -0.39 is 0 Å². The van der Waals surface area contributed by atoms with E-state index in [2.05, 4.69) is 31.4 Å². The summed E-state index contributed by atoms with van der Waals surface area (Å²) in [5, 5.41) is 2.14. The lowest BCUT2D eigenvalue weighted by Gasteiger charge is -2.42. The number of nitrogens with two attached hydrogens (primary N) is 1. The van der Waals surface area contributed by atoms with Gasteiger partial charge in [0, 0.05) is 10.4 Å². The molecule has 3 heteroatoms. The molecular formula is C12H19NOS. The minimum absolute atomic E-state index is 0.0696. The maximum Gasteiger partial charge on any atom is 0.0593 e. The third kappa shape index (κ3) is 2.41. The molecule has 2 nitrogen and oxygen atoms in total. The molecule has 84 valence electrons. The molecule has 0 atom stereocenters. The first-order valence-electron chi connectivity index (χ1n) is 5.43. The highest BCUT2D eigenvalue weighted by Gasteiger charge is 2.41. The molecule has 2 rings (SSSR count). The van der Waals surface area contributed by atoms with Crippen LogP contribution in [0.15, 0.2) is 17.5 Å². The standard InChI is InChI=1S/C12H19NOS/c1-11(2,13)5-6-12(8-14-9-12)10-4-3-7-15-10/h3-4,7H,5-6,8-9,13H2,1-2H3. The van der Waals surface area contributed by atoms with Crippen LogP contribution in [0.25, 0.3) is 0 Å². The minimum Gasteiger partial charge on any atom is -0.379 e. The summed E-state index contributed by atoms with van der Waals surface area (Å²) in [6, 6.07) is 4.34. The van der Waals surface area contributed by atoms with Gasteiger partial charge in [0.1, 0.15) is 0 Å². The van der Waals surface area contributed by atoms with Crippen LogP contribution in [0.1, 0.15) is 31.6 Å². The van der Waals surface area contributed by atoms with E-state index in [0.717, 1.165) is 26.1 Å². The molecule has 1 aromatic rings. The van der Waals surface area contributed by atoms with Crippen molar-refractivity contribution in [3.63, 3.8) is 0 Å². The highest BCUT2D eigenvalue weighted by molar-refractivity contribution is 7.10. The van der Waals surface area contributed by atoms with E-state index in [0.29, 0.717) is 0 Å². The molecule has 1 aliphatic heterocycles. The first-order chi connectivity index (χ1) is 7.02. The fourth-order valence-corrected chi connectivity index (χ4v) is 2.83. The fourth-order valence-electron chi connectivity index (χ4n) is 1.90. The molecule has 0 radical (unpaired) electrons. The molecule has 0 saturated carbocycles. The van der Waals surface area contributed by atoms with Gasteiger partial charge in [0.05, 0.1) is 18.6 Å². The van der Waals surface area contributed by atoms with Crippen LogP contribution in [-0.2, 0) is 10.2 Å². The summed E-state index contributed by atoms with van der Waals surface area (Å²) < 4.78 is 5.39. The summed E-state index contributed by atoms with van der Waals surface area (Å²) in [6.45, 7) is 5.91. The molecule has 0 amide bonds. The Labute approximate surface area is 95.4 Å². The van der Waals surface area contributed by atoms with Gasteiger partial charge in [-0.2, -0.15) is 0 Å². The smallest absolute Gasteiger partial charge is 0.0593 e. The normalized spacial score (nSPS) is 19.9. The number of hydrogen-bond donors (Lipinski definition) is 1. The SMILES string of the molecule is CC(C)(N)CCC1(c2cccs2)COC1. The van der Waals surface area contributed by atoms with Crippen LogP contribution >= 0.6 is 11.3 Å². The molecule has 1 aromatic heterocycles. The van der Waals surface area contributed by atoms with Crippen molar-refractivity contribution >= 4 is 11.3 Å². The Morgan fingerprint density at radius 2 is 2.27 bits per heavy atom. The van der Waals surface area contributed by atoms with E-state index in [1.807, 2.05) is 11.3 Å². The van der Waals surface area contributed by atoms with Crippen molar-refractivity contribution in [2.45, 2.75) is 37.6 Å². The highest BCUT2D eigenvalue weighted by atomic mass is 32.1. The second-order valence-corrected chi connectivity index (χ2v) is 6.19. The first kappa shape index (κ1) is 11.1. The molecule has 2 N–H and O–H groups in total. The van der Waals surface area contributed by atoms with Crippen LogP contribution in [0.3, 0.4) is 0 Å². The number of thiophene rings is 1. The summed E-state index contributed by atoms with van der Waals surface area (Å²) in [5.41, 5.74) is 6.24. The Balaban J connectivity index is 2.04. The lowest BCUT2D eigenvalue weighted by molar-refractivity contribution is -0.0650. The lowest BCUT2D eigenvalue weighted by atomic mass is 9.77. The van der Waals surface area contributed by atoms with Crippen LogP contribution in [0.2, 0.25) is 0 Å². The molecule has 0 aromatic carbocycles. The summed E-state index contributed by atoms with van der Waals surface area (Å²) in [5.74, 6) is 0. The molecule has 0 bridgehead atoms. The van der Waals surface area contributed by atoms with Crippen molar-refractivity contribution < 1.29 is 4.74 Å². The van der Waals surface area contributed by atoms with Gasteiger partial charge in [-0.3, -0.25) is 0 Å². The lowest BCUT2D eigenvalue weighted by Crippen LogP contribution is -2.48. The highest BCUT2D eigenvalue weighted by Crippen LogP contribution is 2.40. The molecule has 2 heterocycles. The Morgan fingerprint density at radius 3 is 2.67 bits per heavy atom. The van der Waals surface area contributed by atoms with Crippen LogP contribution in [0, 0.1) is 0 Å². The van der Waals surface area contributed by atoms with Crippen LogP contribution in [0.5, 0.6) is 0 Å². The van der Waals surface area contributed by atoms with Gasteiger partial charge < -0.3 is 10.5 Å². The zero-order valence-electron chi connectivity index (χ0n) is 9.45. The second-order valence-electron chi connectivity index (χ2n) is 5.24. The quantitative estimate of drug-likeness (QED) is 0.854. The third-order valence-electron chi connectivity index (χ3n) is 3.05. The number of ether oxygens (including phenoxy) is 1. The molecule has 1 aliphatic rings. The van der Waals surface area contributed by atoms with Gasteiger partial charge in [-0.15, -0.1) is 11.3 Å². The predicted octanol–water partition coefficient (Wildman–Crippen LogP) is 2.53. The van der Waals surface area contributed by atoms with Crippen molar-refractivity contribution in [1.82, 2.24) is 0 Å². The molecule has 0 unspecified atom stereocenters. The molecule has 1 fully saturated rings. The molecular weight excluding hydrogens is 206 g/mol. The maximum atomic E-state index is 6.04. The first-order valence-corrected chi connectivity index (χ1v) is 6.31. The van der Waals surface area contributed by atoms with Gasteiger partial charge in [-0.05, 0) is 38.1 Å². The molecule has 15 heavy (non-hydrogen) atoms. The van der Waals surface area contributed by atoms with Crippen LogP contribution in [0.4, 0.5) is 0 Å². The Morgan fingerprint density at radius 1 is 1.53 bits per heavy atom. The fraction of sp³-hybridized carbons (Fsp3) is 0.667. The van der Waals surface area contributed by atoms with Gasteiger partial charge in [0.25, 0.3) is 0 Å². The summed E-state index contributed by atoms with van der Waals surface area (Å²) in [4.78, 5) is 1.46. The Hall–Kier alpha value is -0.380. The van der Waals surface area contributed by atoms with E-state index >= 15 is 0 Å². The van der Waals surface area contributed by atoms with Gasteiger partial charge >= 0.3 is 0 Å². The van der Waals surface area contributed by atoms with Crippen LogP contribution in [-0.4, -0.2) is 18.8 Å². The van der Waals surface area contributed by atoms with Crippen molar-refractivity contribution in [3.8, 4) is 0 Å². The molecule has 1 saturated heterocycles. The average Bonchev–Trinajstić information content (AvgIpc) is 2.53. The third-order valence-corrected chi connectivity index (χ3v) is 4.16. The van der Waals surface area contributed by atoms with Gasteiger partial charge in [-0.25, -0.2) is 0 Å². The summed E-state index contributed by atoms with van der Waals surface area (Å²) >= 11 is 1.84. The monoisotopic (exact) mass is 225 g/mol. The second kappa shape index (κ2) is 3.89. The largest absolute Gasteiger partial charge is 0.379 e. The Kier molecular flexibility index (Phi) is 2.88. The van der Waals surface area contributed by atoms with Crippen molar-refractivity contribution in [1.29, 1.82) is 0 Å². The van der Waals surface area contributed by atoms with E-state index in [-0.39, 0.29) is 11.0 Å². The van der Waals surface area contributed by atoms with Gasteiger partial charge in [0.2, 0.25) is 0 Å². The zero-order valence-corrected chi connectivity index (χ0v) is 10.3. The zero-order chi connectivity index (χ0) is 10.9. The van der Waals surface area contributed by atoms with Crippen molar-refractivity contribution in [3.05, 3.63) is 22.4 Å². The van der Waals surface area contributed by atoms with Crippen molar-refractivity contribution in [2.75, 3.05) is 13.2 Å². The topological polar surface area (TPSA) is 35.2 Å². The van der Waals surface area contributed by atoms with Crippen LogP contribution < -0.4 is 5.73 Å². The van der Waals surface area contributed by atoms with E-state index in [9.17, 15) is 0 Å².